The first kappa shape index (κ1) is 42.6. The lowest BCUT2D eigenvalue weighted by molar-refractivity contribution is -0.167. The summed E-state index contributed by atoms with van der Waals surface area (Å²) in [4.78, 5) is 47.6. The highest BCUT2D eigenvalue weighted by Crippen LogP contribution is 2.27. The monoisotopic (exact) mass is 741 g/mol. The van der Waals surface area contributed by atoms with Gasteiger partial charge >= 0.3 is 24.0 Å². The third kappa shape index (κ3) is 13.6. The van der Waals surface area contributed by atoms with Crippen molar-refractivity contribution in [2.45, 2.75) is 72.1 Å². The number of hydrogen-bond acceptors (Lipinski definition) is 9. The Kier molecular flexibility index (Phi) is 17.1. The third-order valence-corrected chi connectivity index (χ3v) is 8.61. The third-order valence-electron chi connectivity index (χ3n) is 8.61. The molecular weight excluding hydrogens is 690 g/mol. The minimum Gasteiger partial charge on any atom is -0.489 e. The number of hydrogen-bond donors (Lipinski definition) is 2. The standard InChI is InChI=1S/C22H27NO5.C21H24O5/c1-4-27-20(24)22(2,23-21(25)26-3)14-13-17-11-8-12-19(15-17)28-16-18-9-6-5-7-10-18;1-3-25-20(24)21(2,19(22)23)13-12-16-10-7-11-18(14-16)26-15-17-8-5-4-6-9-17/h5-12,15H,4,13-14,16H2,1-3H3,(H,23,25);4-11,14H,3,12-13,15H2,1-2H3,(H,22,23). The molecule has 11 heteroatoms. The average Bonchev–Trinajstić information content (AvgIpc) is 3.19. The quantitative estimate of drug-likeness (QED) is 0.0590. The number of aliphatic carboxylic acids is 1. The number of ether oxygens (including phenoxy) is 5. The molecule has 0 saturated heterocycles. The molecule has 2 unspecified atom stereocenters. The molecule has 0 radical (unpaired) electrons. The first-order chi connectivity index (χ1) is 25.9. The highest BCUT2D eigenvalue weighted by Gasteiger charge is 2.42. The molecule has 0 heterocycles. The maximum absolute atomic E-state index is 12.3. The largest absolute Gasteiger partial charge is 0.489 e. The normalized spacial score (nSPS) is 12.7. The molecule has 4 aromatic carbocycles. The highest BCUT2D eigenvalue weighted by atomic mass is 16.6. The van der Waals surface area contributed by atoms with E-state index in [4.69, 9.17) is 18.9 Å². The van der Waals surface area contributed by atoms with Crippen molar-refractivity contribution in [1.29, 1.82) is 0 Å². The van der Waals surface area contributed by atoms with Gasteiger partial charge in [-0.2, -0.15) is 0 Å². The Hall–Kier alpha value is -5.84. The van der Waals surface area contributed by atoms with Gasteiger partial charge in [0.2, 0.25) is 0 Å². The minimum atomic E-state index is -1.56. The molecule has 1 amide bonds. The van der Waals surface area contributed by atoms with Crippen molar-refractivity contribution >= 4 is 24.0 Å². The van der Waals surface area contributed by atoms with Crippen LogP contribution in [0, 0.1) is 5.41 Å². The first-order valence-electron chi connectivity index (χ1n) is 17.9. The summed E-state index contributed by atoms with van der Waals surface area (Å²) in [5, 5.41) is 12.0. The van der Waals surface area contributed by atoms with E-state index < -0.39 is 35.0 Å². The van der Waals surface area contributed by atoms with Gasteiger partial charge in [0, 0.05) is 0 Å². The van der Waals surface area contributed by atoms with Crippen LogP contribution in [0.25, 0.3) is 0 Å². The van der Waals surface area contributed by atoms with Crippen molar-refractivity contribution in [2.75, 3.05) is 20.3 Å². The molecule has 288 valence electrons. The van der Waals surface area contributed by atoms with Crippen LogP contribution in [0.1, 0.15) is 62.8 Å². The SMILES string of the molecule is CCOC(=O)C(C)(CCc1cccc(OCc2ccccc2)c1)C(=O)O.CCOC(=O)C(C)(CCc1cccc(OCc2ccccc2)c1)NC(=O)OC. The fourth-order valence-electron chi connectivity index (χ4n) is 5.22. The van der Waals surface area contributed by atoms with E-state index in [1.54, 1.807) is 20.8 Å². The molecule has 4 aromatic rings. The van der Waals surface area contributed by atoms with Gasteiger partial charge in [-0.3, -0.25) is 9.59 Å². The van der Waals surface area contributed by atoms with Gasteiger partial charge in [0.05, 0.1) is 20.3 Å². The predicted molar refractivity (Wildman–Crippen MR) is 204 cm³/mol. The Morgan fingerprint density at radius 2 is 1.06 bits per heavy atom. The van der Waals surface area contributed by atoms with E-state index in [-0.39, 0.29) is 19.6 Å². The summed E-state index contributed by atoms with van der Waals surface area (Å²) in [6.45, 7) is 7.76. The number of esters is 2. The van der Waals surface area contributed by atoms with Crippen molar-refractivity contribution in [2.24, 2.45) is 5.41 Å². The van der Waals surface area contributed by atoms with Crippen molar-refractivity contribution < 1.29 is 48.0 Å². The van der Waals surface area contributed by atoms with Crippen LogP contribution in [0.3, 0.4) is 0 Å². The smallest absolute Gasteiger partial charge is 0.407 e. The van der Waals surface area contributed by atoms with E-state index in [9.17, 15) is 24.3 Å². The first-order valence-corrected chi connectivity index (χ1v) is 17.9. The summed E-state index contributed by atoms with van der Waals surface area (Å²) in [7, 11) is 1.26. The van der Waals surface area contributed by atoms with E-state index >= 15 is 0 Å². The Morgan fingerprint density at radius 1 is 0.611 bits per heavy atom. The summed E-state index contributed by atoms with van der Waals surface area (Å²) >= 11 is 0. The molecule has 11 nitrogen and oxygen atoms in total. The zero-order valence-electron chi connectivity index (χ0n) is 31.7. The molecule has 2 atom stereocenters. The van der Waals surface area contributed by atoms with E-state index in [0.29, 0.717) is 38.2 Å². The second-order valence-electron chi connectivity index (χ2n) is 12.9. The van der Waals surface area contributed by atoms with Gasteiger partial charge < -0.3 is 34.1 Å². The van der Waals surface area contributed by atoms with Crippen LogP contribution in [0.15, 0.2) is 109 Å². The van der Waals surface area contributed by atoms with Crippen molar-refractivity contribution in [3.05, 3.63) is 131 Å². The number of aryl methyl sites for hydroxylation is 2. The number of carboxylic acids is 1. The predicted octanol–water partition coefficient (Wildman–Crippen LogP) is 7.73. The average molecular weight is 742 g/mol. The number of alkyl carbamates (subject to hydrolysis) is 1. The van der Waals surface area contributed by atoms with E-state index in [0.717, 1.165) is 28.0 Å². The Balaban J connectivity index is 0.000000291. The molecule has 0 aliphatic carbocycles. The molecule has 0 aliphatic rings. The maximum atomic E-state index is 12.3. The Morgan fingerprint density at radius 3 is 1.50 bits per heavy atom. The van der Waals surface area contributed by atoms with Crippen LogP contribution in [0.4, 0.5) is 4.79 Å². The molecule has 0 spiro atoms. The number of benzene rings is 4. The topological polar surface area (TPSA) is 147 Å². The number of carbonyl (C=O) groups excluding carboxylic acids is 3. The molecule has 4 rings (SSSR count). The van der Waals surface area contributed by atoms with Gasteiger partial charge in [-0.25, -0.2) is 9.59 Å². The van der Waals surface area contributed by atoms with Gasteiger partial charge in [0.15, 0.2) is 5.41 Å². The van der Waals surface area contributed by atoms with E-state index in [2.05, 4.69) is 10.1 Å². The number of methoxy groups -OCH3 is 1. The molecular formula is C43H51NO10. The molecule has 0 bridgehead atoms. The minimum absolute atomic E-state index is 0.156. The maximum Gasteiger partial charge on any atom is 0.407 e. The number of carboxylic acid groups (broad SMARTS) is 1. The zero-order valence-corrected chi connectivity index (χ0v) is 31.7. The lowest BCUT2D eigenvalue weighted by Gasteiger charge is -2.27. The molecule has 0 aromatic heterocycles. The van der Waals surface area contributed by atoms with Gasteiger partial charge in [-0.15, -0.1) is 0 Å². The molecule has 2 N–H and O–H groups in total. The fraction of sp³-hybridized carbons (Fsp3) is 0.349. The number of amides is 1. The van der Waals surface area contributed by atoms with E-state index in [1.807, 2.05) is 109 Å². The molecule has 54 heavy (non-hydrogen) atoms. The summed E-state index contributed by atoms with van der Waals surface area (Å²) in [5.41, 5.74) is 1.32. The van der Waals surface area contributed by atoms with Gasteiger partial charge in [-0.1, -0.05) is 84.9 Å². The summed E-state index contributed by atoms with van der Waals surface area (Å²) in [6.07, 6.45) is 0.841. The van der Waals surface area contributed by atoms with E-state index in [1.165, 1.54) is 14.0 Å². The number of carbonyl (C=O) groups is 4. The summed E-state index contributed by atoms with van der Waals surface area (Å²) in [6, 6.07) is 34.9. The summed E-state index contributed by atoms with van der Waals surface area (Å²) < 4.78 is 26.3. The lowest BCUT2D eigenvalue weighted by Crippen LogP contribution is -2.53. The fourth-order valence-corrected chi connectivity index (χ4v) is 5.22. The van der Waals surface area contributed by atoms with Crippen LogP contribution in [-0.4, -0.2) is 55.0 Å². The van der Waals surface area contributed by atoms with Crippen LogP contribution in [-0.2, 0) is 54.6 Å². The van der Waals surface area contributed by atoms with Gasteiger partial charge in [0.25, 0.3) is 0 Å². The van der Waals surface area contributed by atoms with Crippen LogP contribution in [0.2, 0.25) is 0 Å². The molecule has 0 aliphatic heterocycles. The van der Waals surface area contributed by atoms with Gasteiger partial charge in [0.1, 0.15) is 30.3 Å². The van der Waals surface area contributed by atoms with Crippen molar-refractivity contribution in [3.8, 4) is 11.5 Å². The van der Waals surface area contributed by atoms with Crippen LogP contribution >= 0.6 is 0 Å². The number of nitrogens with one attached hydrogen (secondary N) is 1. The van der Waals surface area contributed by atoms with Crippen LogP contribution in [0.5, 0.6) is 11.5 Å². The highest BCUT2D eigenvalue weighted by molar-refractivity contribution is 5.98. The zero-order chi connectivity index (χ0) is 39.4. The lowest BCUT2D eigenvalue weighted by atomic mass is 9.84. The van der Waals surface area contributed by atoms with Crippen LogP contribution < -0.4 is 14.8 Å². The number of rotatable bonds is 18. The van der Waals surface area contributed by atoms with Gasteiger partial charge in [-0.05, 0) is 99.9 Å². The summed E-state index contributed by atoms with van der Waals surface area (Å²) in [5.74, 6) is -0.909. The molecule has 0 saturated carbocycles. The Labute approximate surface area is 317 Å². The van der Waals surface area contributed by atoms with Crippen molar-refractivity contribution in [3.63, 3.8) is 0 Å². The second-order valence-corrected chi connectivity index (χ2v) is 12.9. The molecule has 0 fully saturated rings. The Bertz CT molecular complexity index is 1780. The van der Waals surface area contributed by atoms with Crippen molar-refractivity contribution in [1.82, 2.24) is 5.32 Å². The second kappa shape index (κ2) is 21.6.